The highest BCUT2D eigenvalue weighted by molar-refractivity contribution is 5.78. The molecule has 0 N–H and O–H groups in total. The lowest BCUT2D eigenvalue weighted by Crippen LogP contribution is -2.08. The van der Waals surface area contributed by atoms with Crippen LogP contribution in [0, 0.1) is 11.3 Å². The molecular formula is C12H22O. The van der Waals surface area contributed by atoms with Gasteiger partial charge in [0.2, 0.25) is 0 Å². The van der Waals surface area contributed by atoms with Gasteiger partial charge in [0, 0.05) is 12.8 Å². The summed E-state index contributed by atoms with van der Waals surface area (Å²) < 4.78 is 0. The third-order valence-electron chi connectivity index (χ3n) is 2.68. The first-order valence-electron chi connectivity index (χ1n) is 5.49. The predicted molar refractivity (Wildman–Crippen MR) is 55.7 cm³/mol. The molecule has 1 fully saturated rings. The number of hydrogen-bond donors (Lipinski definition) is 0. The molecule has 0 aromatic rings. The summed E-state index contributed by atoms with van der Waals surface area (Å²) in [6.07, 6.45) is 6.55. The minimum absolute atomic E-state index is 0.315. The van der Waals surface area contributed by atoms with Crippen molar-refractivity contribution in [2.45, 2.75) is 59.3 Å². The molecule has 1 rings (SSSR count). The minimum atomic E-state index is 0.315. The number of hydrogen-bond acceptors (Lipinski definition) is 1. The summed E-state index contributed by atoms with van der Waals surface area (Å²) in [4.78, 5) is 11.4. The van der Waals surface area contributed by atoms with Crippen LogP contribution in [-0.4, -0.2) is 5.78 Å². The normalized spacial score (nSPS) is 17.5. The standard InChI is InChI=1S/C12H22O/c1-12(2,3)9-8-11(13)7-6-10-4-5-10/h10H,4-9H2,1-3H3. The second-order valence-corrected chi connectivity index (χ2v) is 5.58. The number of carbonyl (C=O) groups excluding carboxylic acids is 1. The van der Waals surface area contributed by atoms with Crippen molar-refractivity contribution >= 4 is 5.78 Å². The molecule has 13 heavy (non-hydrogen) atoms. The van der Waals surface area contributed by atoms with E-state index in [0.29, 0.717) is 11.2 Å². The lowest BCUT2D eigenvalue weighted by atomic mass is 9.89. The summed E-state index contributed by atoms with van der Waals surface area (Å²) in [5.41, 5.74) is 0.315. The first-order valence-corrected chi connectivity index (χ1v) is 5.49. The summed E-state index contributed by atoms with van der Waals surface area (Å²) in [5.74, 6) is 1.38. The fraction of sp³-hybridized carbons (Fsp3) is 0.917. The van der Waals surface area contributed by atoms with E-state index in [4.69, 9.17) is 0 Å². The topological polar surface area (TPSA) is 17.1 Å². The van der Waals surface area contributed by atoms with Gasteiger partial charge in [0.15, 0.2) is 0 Å². The van der Waals surface area contributed by atoms with E-state index in [1.165, 1.54) is 12.8 Å². The molecule has 0 radical (unpaired) electrons. The Hall–Kier alpha value is -0.330. The van der Waals surface area contributed by atoms with Gasteiger partial charge in [-0.15, -0.1) is 0 Å². The Morgan fingerprint density at radius 3 is 2.31 bits per heavy atom. The quantitative estimate of drug-likeness (QED) is 0.635. The SMILES string of the molecule is CC(C)(C)CCC(=O)CCC1CC1. The molecule has 1 aliphatic carbocycles. The van der Waals surface area contributed by atoms with Crippen LogP contribution in [-0.2, 0) is 4.79 Å². The molecule has 0 aliphatic heterocycles. The maximum atomic E-state index is 11.4. The van der Waals surface area contributed by atoms with Crippen molar-refractivity contribution in [3.8, 4) is 0 Å². The smallest absolute Gasteiger partial charge is 0.132 e. The van der Waals surface area contributed by atoms with Crippen LogP contribution >= 0.6 is 0 Å². The highest BCUT2D eigenvalue weighted by atomic mass is 16.1. The van der Waals surface area contributed by atoms with Crippen LogP contribution in [0.25, 0.3) is 0 Å². The molecule has 0 aromatic heterocycles. The van der Waals surface area contributed by atoms with E-state index in [9.17, 15) is 4.79 Å². The van der Waals surface area contributed by atoms with Crippen molar-refractivity contribution in [3.05, 3.63) is 0 Å². The largest absolute Gasteiger partial charge is 0.300 e. The van der Waals surface area contributed by atoms with Crippen molar-refractivity contribution < 1.29 is 4.79 Å². The van der Waals surface area contributed by atoms with Crippen LogP contribution in [0.5, 0.6) is 0 Å². The predicted octanol–water partition coefficient (Wildman–Crippen LogP) is 3.57. The summed E-state index contributed by atoms with van der Waals surface area (Å²) in [7, 11) is 0. The molecule has 1 aliphatic rings. The number of ketones is 1. The Morgan fingerprint density at radius 2 is 1.85 bits per heavy atom. The van der Waals surface area contributed by atoms with Crippen LogP contribution in [0.3, 0.4) is 0 Å². The maximum Gasteiger partial charge on any atom is 0.132 e. The Balaban J connectivity index is 2.03. The third-order valence-corrected chi connectivity index (χ3v) is 2.68. The number of carbonyl (C=O) groups is 1. The van der Waals surface area contributed by atoms with E-state index >= 15 is 0 Å². The Kier molecular flexibility index (Phi) is 3.52. The van der Waals surface area contributed by atoms with Gasteiger partial charge in [0.25, 0.3) is 0 Å². The van der Waals surface area contributed by atoms with Gasteiger partial charge >= 0.3 is 0 Å². The molecule has 0 amide bonds. The van der Waals surface area contributed by atoms with E-state index in [-0.39, 0.29) is 0 Å². The Morgan fingerprint density at radius 1 is 1.23 bits per heavy atom. The molecule has 0 spiro atoms. The molecule has 1 nitrogen and oxygen atoms in total. The molecule has 0 unspecified atom stereocenters. The summed E-state index contributed by atoms with van der Waals surface area (Å²) in [5, 5.41) is 0. The van der Waals surface area contributed by atoms with Crippen molar-refractivity contribution in [1.82, 2.24) is 0 Å². The van der Waals surface area contributed by atoms with Crippen LogP contribution in [0.2, 0.25) is 0 Å². The zero-order valence-corrected chi connectivity index (χ0v) is 9.23. The van der Waals surface area contributed by atoms with Crippen molar-refractivity contribution in [1.29, 1.82) is 0 Å². The molecule has 1 saturated carbocycles. The zero-order chi connectivity index (χ0) is 9.90. The maximum absolute atomic E-state index is 11.4. The van der Waals surface area contributed by atoms with Crippen LogP contribution in [0.15, 0.2) is 0 Å². The Labute approximate surface area is 81.9 Å². The van der Waals surface area contributed by atoms with Crippen LogP contribution in [0.4, 0.5) is 0 Å². The molecular weight excluding hydrogens is 160 g/mol. The average Bonchev–Trinajstić information content (AvgIpc) is 2.78. The highest BCUT2D eigenvalue weighted by Gasteiger charge is 2.22. The molecule has 0 atom stereocenters. The first-order chi connectivity index (χ1) is 5.97. The fourth-order valence-corrected chi connectivity index (χ4v) is 1.41. The average molecular weight is 182 g/mol. The van der Waals surface area contributed by atoms with Gasteiger partial charge in [0.1, 0.15) is 5.78 Å². The first kappa shape index (κ1) is 10.7. The molecule has 0 aromatic carbocycles. The molecule has 0 heterocycles. The van der Waals surface area contributed by atoms with Gasteiger partial charge in [0.05, 0.1) is 0 Å². The van der Waals surface area contributed by atoms with Crippen LogP contribution < -0.4 is 0 Å². The fourth-order valence-electron chi connectivity index (χ4n) is 1.41. The third kappa shape index (κ3) is 5.84. The lowest BCUT2D eigenvalue weighted by molar-refractivity contribution is -0.119. The van der Waals surface area contributed by atoms with Gasteiger partial charge in [-0.1, -0.05) is 33.6 Å². The lowest BCUT2D eigenvalue weighted by Gasteiger charge is -2.16. The van der Waals surface area contributed by atoms with E-state index < -0.39 is 0 Å². The summed E-state index contributed by atoms with van der Waals surface area (Å²) in [6.45, 7) is 6.59. The summed E-state index contributed by atoms with van der Waals surface area (Å²) in [6, 6.07) is 0. The van der Waals surface area contributed by atoms with E-state index in [2.05, 4.69) is 20.8 Å². The van der Waals surface area contributed by atoms with Gasteiger partial charge in [-0.2, -0.15) is 0 Å². The Bertz CT molecular complexity index is 172. The monoisotopic (exact) mass is 182 g/mol. The van der Waals surface area contributed by atoms with Crippen molar-refractivity contribution in [2.75, 3.05) is 0 Å². The van der Waals surface area contributed by atoms with E-state index in [1.807, 2.05) is 0 Å². The summed E-state index contributed by atoms with van der Waals surface area (Å²) >= 11 is 0. The zero-order valence-electron chi connectivity index (χ0n) is 9.23. The molecule has 0 saturated heterocycles. The van der Waals surface area contributed by atoms with Gasteiger partial charge in [-0.05, 0) is 24.2 Å². The van der Waals surface area contributed by atoms with Gasteiger partial charge in [-0.25, -0.2) is 0 Å². The molecule has 1 heteroatoms. The second kappa shape index (κ2) is 4.26. The number of rotatable bonds is 5. The number of Topliss-reactive ketones (excluding diaryl/α,β-unsaturated/α-hetero) is 1. The molecule has 76 valence electrons. The van der Waals surface area contributed by atoms with Crippen LogP contribution in [0.1, 0.15) is 59.3 Å². The van der Waals surface area contributed by atoms with E-state index in [1.54, 1.807) is 0 Å². The highest BCUT2D eigenvalue weighted by Crippen LogP contribution is 2.33. The van der Waals surface area contributed by atoms with Crippen molar-refractivity contribution in [2.24, 2.45) is 11.3 Å². The minimum Gasteiger partial charge on any atom is -0.300 e. The van der Waals surface area contributed by atoms with Crippen molar-refractivity contribution in [3.63, 3.8) is 0 Å². The van der Waals surface area contributed by atoms with E-state index in [0.717, 1.165) is 31.6 Å². The second-order valence-electron chi connectivity index (χ2n) is 5.58. The van der Waals surface area contributed by atoms with Gasteiger partial charge < -0.3 is 0 Å². The molecule has 0 bridgehead atoms. The van der Waals surface area contributed by atoms with Gasteiger partial charge in [-0.3, -0.25) is 4.79 Å².